The predicted octanol–water partition coefficient (Wildman–Crippen LogP) is 4.38. The van der Waals surface area contributed by atoms with E-state index in [0.717, 1.165) is 41.5 Å². The summed E-state index contributed by atoms with van der Waals surface area (Å²) in [5.74, 6) is 0.252. The molecule has 0 spiro atoms. The van der Waals surface area contributed by atoms with E-state index in [1.54, 1.807) is 0 Å². The number of allylic oxidation sites excluding steroid dienone is 2. The van der Waals surface area contributed by atoms with E-state index in [-0.39, 0.29) is 5.78 Å². The summed E-state index contributed by atoms with van der Waals surface area (Å²) in [5, 5.41) is 0. The quantitative estimate of drug-likeness (QED) is 0.687. The van der Waals surface area contributed by atoms with Crippen LogP contribution in [0.1, 0.15) is 53.6 Å². The monoisotopic (exact) mass is 228 g/mol. The molecule has 90 valence electrons. The van der Waals surface area contributed by atoms with Crippen LogP contribution in [0.2, 0.25) is 0 Å². The van der Waals surface area contributed by atoms with Gasteiger partial charge in [-0.1, -0.05) is 30.7 Å². The largest absolute Gasteiger partial charge is 0.289 e. The van der Waals surface area contributed by atoms with E-state index in [1.165, 1.54) is 12.8 Å². The SMILES string of the molecule is Cc1cccc(C)c1C(=O)C1=CCCCCC1. The number of hydrogen-bond donors (Lipinski definition) is 0. The van der Waals surface area contributed by atoms with Gasteiger partial charge < -0.3 is 0 Å². The van der Waals surface area contributed by atoms with Crippen LogP contribution >= 0.6 is 0 Å². The van der Waals surface area contributed by atoms with Gasteiger partial charge in [0.1, 0.15) is 0 Å². The molecule has 1 aliphatic carbocycles. The van der Waals surface area contributed by atoms with Gasteiger partial charge in [0.15, 0.2) is 5.78 Å². The minimum atomic E-state index is 0.252. The fourth-order valence-corrected chi connectivity index (χ4v) is 2.55. The molecule has 1 heteroatoms. The van der Waals surface area contributed by atoms with Gasteiger partial charge in [0, 0.05) is 5.56 Å². The van der Waals surface area contributed by atoms with E-state index < -0.39 is 0 Å². The number of carbonyl (C=O) groups excluding carboxylic acids is 1. The Kier molecular flexibility index (Phi) is 3.78. The third-order valence-corrected chi connectivity index (χ3v) is 3.54. The molecule has 0 bridgehead atoms. The zero-order valence-electron chi connectivity index (χ0n) is 10.8. The highest BCUT2D eigenvalue weighted by atomic mass is 16.1. The van der Waals surface area contributed by atoms with Crippen LogP contribution in [0.15, 0.2) is 29.8 Å². The minimum absolute atomic E-state index is 0.252. The number of aryl methyl sites for hydroxylation is 2. The Balaban J connectivity index is 2.33. The Labute approximate surface area is 104 Å². The van der Waals surface area contributed by atoms with Gasteiger partial charge in [0.2, 0.25) is 0 Å². The first-order chi connectivity index (χ1) is 8.20. The van der Waals surface area contributed by atoms with Crippen molar-refractivity contribution in [2.45, 2.75) is 46.0 Å². The lowest BCUT2D eigenvalue weighted by atomic mass is 9.93. The van der Waals surface area contributed by atoms with Crippen molar-refractivity contribution in [1.82, 2.24) is 0 Å². The number of rotatable bonds is 2. The van der Waals surface area contributed by atoms with Crippen molar-refractivity contribution in [2.24, 2.45) is 0 Å². The summed E-state index contributed by atoms with van der Waals surface area (Å²) in [7, 11) is 0. The first-order valence-corrected chi connectivity index (χ1v) is 6.50. The van der Waals surface area contributed by atoms with Crippen LogP contribution in [0.3, 0.4) is 0 Å². The number of Topliss-reactive ketones (excluding diaryl/α,β-unsaturated/α-hetero) is 1. The number of benzene rings is 1. The molecule has 0 unspecified atom stereocenters. The van der Waals surface area contributed by atoms with Gasteiger partial charge in [-0.25, -0.2) is 0 Å². The van der Waals surface area contributed by atoms with Crippen molar-refractivity contribution in [3.63, 3.8) is 0 Å². The summed E-state index contributed by atoms with van der Waals surface area (Å²) in [6.45, 7) is 4.05. The van der Waals surface area contributed by atoms with Crippen molar-refractivity contribution >= 4 is 5.78 Å². The molecular weight excluding hydrogens is 208 g/mol. The van der Waals surface area contributed by atoms with Gasteiger partial charge in [0.05, 0.1) is 0 Å². The number of carbonyl (C=O) groups is 1. The van der Waals surface area contributed by atoms with Gasteiger partial charge in [-0.3, -0.25) is 4.79 Å². The summed E-state index contributed by atoms with van der Waals surface area (Å²) < 4.78 is 0. The molecule has 0 N–H and O–H groups in total. The standard InChI is InChI=1S/C16H20O/c1-12-8-7-9-13(2)15(12)16(17)14-10-5-3-4-6-11-14/h7-10H,3-6,11H2,1-2H3. The van der Waals surface area contributed by atoms with E-state index in [0.29, 0.717) is 0 Å². The molecule has 0 fully saturated rings. The van der Waals surface area contributed by atoms with Crippen molar-refractivity contribution < 1.29 is 4.79 Å². The Morgan fingerprint density at radius 1 is 1.06 bits per heavy atom. The van der Waals surface area contributed by atoms with Crippen LogP contribution in [0, 0.1) is 13.8 Å². The Morgan fingerprint density at radius 3 is 2.47 bits per heavy atom. The van der Waals surface area contributed by atoms with E-state index in [1.807, 2.05) is 32.0 Å². The second-order valence-corrected chi connectivity index (χ2v) is 4.92. The highest BCUT2D eigenvalue weighted by Crippen LogP contribution is 2.24. The second kappa shape index (κ2) is 5.31. The molecule has 1 aromatic carbocycles. The molecule has 0 saturated heterocycles. The van der Waals surface area contributed by atoms with Crippen LogP contribution < -0.4 is 0 Å². The molecule has 0 aromatic heterocycles. The third kappa shape index (κ3) is 2.66. The lowest BCUT2D eigenvalue weighted by Gasteiger charge is -2.10. The maximum atomic E-state index is 12.5. The maximum Gasteiger partial charge on any atom is 0.189 e. The Bertz CT molecular complexity index is 434. The first kappa shape index (κ1) is 12.1. The summed E-state index contributed by atoms with van der Waals surface area (Å²) >= 11 is 0. The molecule has 0 heterocycles. The average molecular weight is 228 g/mol. The van der Waals surface area contributed by atoms with Crippen molar-refractivity contribution in [3.05, 3.63) is 46.5 Å². The molecule has 0 saturated carbocycles. The summed E-state index contributed by atoms with van der Waals surface area (Å²) in [5.41, 5.74) is 4.14. The van der Waals surface area contributed by atoms with E-state index in [9.17, 15) is 4.79 Å². The molecule has 0 amide bonds. The molecule has 2 rings (SSSR count). The lowest BCUT2D eigenvalue weighted by Crippen LogP contribution is -2.07. The average Bonchev–Trinajstić information content (AvgIpc) is 2.57. The molecule has 17 heavy (non-hydrogen) atoms. The molecule has 0 radical (unpaired) electrons. The number of hydrogen-bond acceptors (Lipinski definition) is 1. The summed E-state index contributed by atoms with van der Waals surface area (Å²) in [6.07, 6.45) is 7.80. The van der Waals surface area contributed by atoms with Crippen molar-refractivity contribution in [2.75, 3.05) is 0 Å². The topological polar surface area (TPSA) is 17.1 Å². The van der Waals surface area contributed by atoms with Crippen LogP contribution in [0.4, 0.5) is 0 Å². The van der Waals surface area contributed by atoms with Gasteiger partial charge in [-0.05, 0) is 56.2 Å². The summed E-state index contributed by atoms with van der Waals surface area (Å²) in [4.78, 5) is 12.5. The third-order valence-electron chi connectivity index (χ3n) is 3.54. The molecule has 0 aliphatic heterocycles. The van der Waals surface area contributed by atoms with Crippen LogP contribution in [0.25, 0.3) is 0 Å². The van der Waals surface area contributed by atoms with Gasteiger partial charge >= 0.3 is 0 Å². The fraction of sp³-hybridized carbons (Fsp3) is 0.438. The van der Waals surface area contributed by atoms with E-state index in [2.05, 4.69) is 6.08 Å². The predicted molar refractivity (Wildman–Crippen MR) is 71.4 cm³/mol. The molecule has 1 nitrogen and oxygen atoms in total. The molecule has 0 atom stereocenters. The normalized spacial score (nSPS) is 16.2. The minimum Gasteiger partial charge on any atom is -0.289 e. The second-order valence-electron chi connectivity index (χ2n) is 4.92. The lowest BCUT2D eigenvalue weighted by molar-refractivity contribution is 0.102. The zero-order valence-corrected chi connectivity index (χ0v) is 10.8. The van der Waals surface area contributed by atoms with Gasteiger partial charge in [-0.15, -0.1) is 0 Å². The van der Waals surface area contributed by atoms with Crippen molar-refractivity contribution in [3.8, 4) is 0 Å². The number of ketones is 1. The highest BCUT2D eigenvalue weighted by Gasteiger charge is 2.17. The van der Waals surface area contributed by atoms with E-state index >= 15 is 0 Å². The maximum absolute atomic E-state index is 12.5. The highest BCUT2D eigenvalue weighted by molar-refractivity contribution is 6.10. The summed E-state index contributed by atoms with van der Waals surface area (Å²) in [6, 6.07) is 6.07. The Morgan fingerprint density at radius 2 is 1.76 bits per heavy atom. The first-order valence-electron chi connectivity index (χ1n) is 6.50. The smallest absolute Gasteiger partial charge is 0.189 e. The Hall–Kier alpha value is -1.37. The molecule has 1 aromatic rings. The van der Waals surface area contributed by atoms with Crippen LogP contribution in [0.5, 0.6) is 0 Å². The molecule has 1 aliphatic rings. The molecular formula is C16H20O. The fourth-order valence-electron chi connectivity index (χ4n) is 2.55. The van der Waals surface area contributed by atoms with Gasteiger partial charge in [0.25, 0.3) is 0 Å². The zero-order chi connectivity index (χ0) is 12.3. The van der Waals surface area contributed by atoms with Crippen LogP contribution in [-0.2, 0) is 0 Å². The van der Waals surface area contributed by atoms with E-state index in [4.69, 9.17) is 0 Å². The van der Waals surface area contributed by atoms with Gasteiger partial charge in [-0.2, -0.15) is 0 Å². The van der Waals surface area contributed by atoms with Crippen LogP contribution in [-0.4, -0.2) is 5.78 Å². The van der Waals surface area contributed by atoms with Crippen molar-refractivity contribution in [1.29, 1.82) is 0 Å².